The van der Waals surface area contributed by atoms with Gasteiger partial charge in [-0.25, -0.2) is 11.1 Å². The molecule has 0 saturated heterocycles. The van der Waals surface area contributed by atoms with Gasteiger partial charge in [-0.2, -0.15) is 12.1 Å². The summed E-state index contributed by atoms with van der Waals surface area (Å²) in [5.41, 5.74) is 2.91. The fourth-order valence-electron chi connectivity index (χ4n) is 3.61. The van der Waals surface area contributed by atoms with E-state index in [0.29, 0.717) is 0 Å². The third-order valence-corrected chi connectivity index (χ3v) is 8.21. The predicted molar refractivity (Wildman–Crippen MR) is 130 cm³/mol. The number of hydrogen-bond acceptors (Lipinski definition) is 0. The molecule has 2 aromatic rings. The van der Waals surface area contributed by atoms with Crippen LogP contribution >= 0.6 is 7.92 Å². The third-order valence-electron chi connectivity index (χ3n) is 5.51. The summed E-state index contributed by atoms with van der Waals surface area (Å²) in [6, 6.07) is 13.6. The molecule has 3 rings (SSSR count). The minimum atomic E-state index is 0. The standard InChI is InChI=1S/C17H24P.C10H15.2ClH.Hf/c1-3-5-11-18(12-6-4-2)17-13-15-9-7-8-10-16(15)14-17;1-3-4-7-10-8-5-6-9(10)2;;;/h7-10,13-14H,3-6,11-12H2,1-2H3;6H,3-5,7H2,1-2H3;2*1H;/q2*-1;;;+4/p-2. The van der Waals surface area contributed by atoms with Crippen LogP contribution in [0.2, 0.25) is 0 Å². The Labute approximate surface area is 224 Å². The fraction of sp³-hybridized carbons (Fsp3) is 0.519. The maximum Gasteiger partial charge on any atom is 4.00 e. The molecule has 0 unspecified atom stereocenters. The second kappa shape index (κ2) is 19.6. The molecule has 1 aliphatic carbocycles. The zero-order valence-electron chi connectivity index (χ0n) is 19.8. The average Bonchev–Trinajstić information content (AvgIpc) is 3.32. The van der Waals surface area contributed by atoms with Crippen molar-refractivity contribution in [3.63, 3.8) is 0 Å². The number of halogens is 2. The van der Waals surface area contributed by atoms with Gasteiger partial charge in [-0.1, -0.05) is 66.9 Å². The summed E-state index contributed by atoms with van der Waals surface area (Å²) in [6.45, 7) is 9.02. The molecule has 0 saturated carbocycles. The first kappa shape index (κ1) is 33.4. The van der Waals surface area contributed by atoms with E-state index in [0.717, 1.165) is 6.42 Å². The quantitative estimate of drug-likeness (QED) is 0.212. The Morgan fingerprint density at radius 1 is 0.935 bits per heavy atom. The van der Waals surface area contributed by atoms with E-state index in [-0.39, 0.29) is 58.6 Å². The topological polar surface area (TPSA) is 0 Å². The summed E-state index contributed by atoms with van der Waals surface area (Å²) in [7, 11) is 0.0856. The van der Waals surface area contributed by atoms with Gasteiger partial charge in [-0.15, -0.1) is 53.7 Å². The summed E-state index contributed by atoms with van der Waals surface area (Å²) in [6.07, 6.45) is 18.8. The normalized spacial score (nSPS) is 12.2. The van der Waals surface area contributed by atoms with Crippen LogP contribution in [0.5, 0.6) is 0 Å². The molecule has 31 heavy (non-hydrogen) atoms. The van der Waals surface area contributed by atoms with Crippen molar-refractivity contribution in [2.24, 2.45) is 0 Å². The van der Waals surface area contributed by atoms with Crippen molar-refractivity contribution < 1.29 is 50.7 Å². The molecule has 0 atom stereocenters. The second-order valence-corrected chi connectivity index (χ2v) is 10.4. The molecule has 0 radical (unpaired) electrons. The first-order valence-electron chi connectivity index (χ1n) is 11.4. The summed E-state index contributed by atoms with van der Waals surface area (Å²) >= 11 is 0. The number of unbranched alkanes of at least 4 members (excludes halogenated alkanes) is 3. The minimum absolute atomic E-state index is 0. The maximum atomic E-state index is 3.37. The molecular formula is C27H39Cl2HfP. The van der Waals surface area contributed by atoms with Crippen molar-refractivity contribution in [1.82, 2.24) is 0 Å². The third kappa shape index (κ3) is 11.7. The summed E-state index contributed by atoms with van der Waals surface area (Å²) < 4.78 is 0. The van der Waals surface area contributed by atoms with Gasteiger partial charge in [0.25, 0.3) is 0 Å². The first-order valence-corrected chi connectivity index (χ1v) is 13.1. The van der Waals surface area contributed by atoms with Gasteiger partial charge in [0.05, 0.1) is 0 Å². The number of allylic oxidation sites excluding steroid dienone is 4. The number of fused-ring (bicyclic) bond motifs is 1. The van der Waals surface area contributed by atoms with Gasteiger partial charge in [0.1, 0.15) is 0 Å². The van der Waals surface area contributed by atoms with E-state index in [2.05, 4.69) is 76.2 Å². The molecule has 0 heterocycles. The molecule has 0 fully saturated rings. The zero-order chi connectivity index (χ0) is 20.2. The van der Waals surface area contributed by atoms with E-state index in [1.807, 2.05) is 0 Å². The van der Waals surface area contributed by atoms with Crippen LogP contribution in [0.1, 0.15) is 79.1 Å². The maximum absolute atomic E-state index is 3.37. The van der Waals surface area contributed by atoms with Crippen molar-refractivity contribution in [1.29, 1.82) is 0 Å². The van der Waals surface area contributed by atoms with E-state index in [1.165, 1.54) is 79.2 Å². The Bertz CT molecular complexity index is 722. The van der Waals surface area contributed by atoms with Crippen LogP contribution in [0.15, 0.2) is 53.6 Å². The molecule has 0 spiro atoms. The van der Waals surface area contributed by atoms with Crippen molar-refractivity contribution in [3.8, 4) is 0 Å². The van der Waals surface area contributed by atoms with Gasteiger partial charge in [0, 0.05) is 0 Å². The number of rotatable bonds is 10. The van der Waals surface area contributed by atoms with Crippen molar-refractivity contribution in [2.45, 2.75) is 79.1 Å². The van der Waals surface area contributed by atoms with Crippen LogP contribution < -0.4 is 30.1 Å². The van der Waals surface area contributed by atoms with Gasteiger partial charge in [-0.05, 0) is 25.2 Å². The molecule has 1 aliphatic rings. The smallest absolute Gasteiger partial charge is 1.00 e. The second-order valence-electron chi connectivity index (χ2n) is 7.89. The van der Waals surface area contributed by atoms with Crippen LogP contribution in [-0.4, -0.2) is 12.3 Å². The average molecular weight is 644 g/mol. The van der Waals surface area contributed by atoms with E-state index >= 15 is 0 Å². The number of hydrogen-bond donors (Lipinski definition) is 0. The predicted octanol–water partition coefficient (Wildman–Crippen LogP) is 2.53. The van der Waals surface area contributed by atoms with Gasteiger partial charge < -0.3 is 24.8 Å². The minimum Gasteiger partial charge on any atom is -1.00 e. The molecule has 0 amide bonds. The van der Waals surface area contributed by atoms with Crippen molar-refractivity contribution >= 4 is 24.0 Å². The van der Waals surface area contributed by atoms with E-state index in [9.17, 15) is 0 Å². The van der Waals surface area contributed by atoms with Crippen molar-refractivity contribution in [3.05, 3.63) is 59.7 Å². The van der Waals surface area contributed by atoms with Crippen LogP contribution in [-0.2, 0) is 25.8 Å². The number of benzene rings is 1. The van der Waals surface area contributed by atoms with E-state index in [1.54, 1.807) is 5.30 Å². The van der Waals surface area contributed by atoms with Crippen molar-refractivity contribution in [2.75, 3.05) is 12.3 Å². The molecule has 0 aromatic heterocycles. The Hall–Kier alpha value is 0.190. The molecular weight excluding hydrogens is 605 g/mol. The first-order chi connectivity index (χ1) is 13.7. The Kier molecular flexibility index (Phi) is 21.1. The fourth-order valence-corrected chi connectivity index (χ4v) is 6.39. The van der Waals surface area contributed by atoms with Crippen LogP contribution in [0.4, 0.5) is 0 Å². The van der Waals surface area contributed by atoms with Gasteiger partial charge in [0.2, 0.25) is 0 Å². The molecule has 4 heteroatoms. The van der Waals surface area contributed by atoms with Gasteiger partial charge in [-0.3, -0.25) is 6.08 Å². The molecule has 0 N–H and O–H groups in total. The van der Waals surface area contributed by atoms with Gasteiger partial charge >= 0.3 is 25.8 Å². The van der Waals surface area contributed by atoms with Crippen LogP contribution in [0.25, 0.3) is 10.8 Å². The van der Waals surface area contributed by atoms with E-state index in [4.69, 9.17) is 0 Å². The SMILES string of the molecule is CCCCC1=[C-]CC=C1C.CCCCP(CCCC)c1cc2ccccc2[cH-]1.[Cl-].[Cl-].[Hf+4]. The molecule has 0 bridgehead atoms. The summed E-state index contributed by atoms with van der Waals surface area (Å²) in [4.78, 5) is 0. The van der Waals surface area contributed by atoms with Gasteiger partial charge in [0.15, 0.2) is 0 Å². The Balaban J connectivity index is 0. The largest absolute Gasteiger partial charge is 4.00 e. The molecule has 0 nitrogen and oxygen atoms in total. The van der Waals surface area contributed by atoms with Crippen LogP contribution in [0, 0.1) is 6.08 Å². The monoisotopic (exact) mass is 644 g/mol. The zero-order valence-corrected chi connectivity index (χ0v) is 25.8. The Morgan fingerprint density at radius 3 is 2.06 bits per heavy atom. The Morgan fingerprint density at radius 2 is 1.55 bits per heavy atom. The van der Waals surface area contributed by atoms with E-state index < -0.39 is 0 Å². The summed E-state index contributed by atoms with van der Waals surface area (Å²) in [5.74, 6) is 0. The summed E-state index contributed by atoms with van der Waals surface area (Å²) in [5, 5.41) is 4.48. The molecule has 0 aliphatic heterocycles. The molecule has 2 aromatic carbocycles. The molecule has 170 valence electrons. The van der Waals surface area contributed by atoms with Crippen LogP contribution in [0.3, 0.4) is 0 Å².